The topological polar surface area (TPSA) is 46.2 Å². The Morgan fingerprint density at radius 1 is 1.14 bits per heavy atom. The fraction of sp³-hybridized carbons (Fsp3) is 0.333. The van der Waals surface area contributed by atoms with E-state index >= 15 is 0 Å². The Kier molecular flexibility index (Phi) is 3.86. The number of nitrogens with one attached hydrogen (secondary N) is 1. The number of hydrogen-bond acceptors (Lipinski definition) is 3. The van der Waals surface area contributed by atoms with Crippen molar-refractivity contribution in [3.8, 4) is 0 Å². The third-order valence-corrected chi connectivity index (χ3v) is 7.20. The van der Waals surface area contributed by atoms with Gasteiger partial charge in [-0.1, -0.05) is 23.7 Å². The molecule has 1 fully saturated rings. The van der Waals surface area contributed by atoms with Gasteiger partial charge in [0.15, 0.2) is 0 Å². The summed E-state index contributed by atoms with van der Waals surface area (Å²) in [6, 6.07) is 10.9. The number of halogens is 1. The van der Waals surface area contributed by atoms with Crippen LogP contribution in [0, 0.1) is 6.92 Å². The van der Waals surface area contributed by atoms with Gasteiger partial charge in [-0.2, -0.15) is 4.72 Å². The van der Waals surface area contributed by atoms with Crippen molar-refractivity contribution in [1.82, 2.24) is 4.72 Å². The van der Waals surface area contributed by atoms with Crippen molar-refractivity contribution in [2.45, 2.75) is 35.9 Å². The van der Waals surface area contributed by atoms with Crippen LogP contribution < -0.4 is 4.72 Å². The Morgan fingerprint density at radius 2 is 1.81 bits per heavy atom. The highest BCUT2D eigenvalue weighted by Gasteiger charge is 2.42. The molecule has 3 rings (SSSR count). The second-order valence-electron chi connectivity index (χ2n) is 5.41. The minimum Gasteiger partial charge on any atom is -0.206 e. The van der Waals surface area contributed by atoms with Crippen molar-refractivity contribution in [3.63, 3.8) is 0 Å². The lowest BCUT2D eigenvalue weighted by atomic mass is 9.73. The summed E-state index contributed by atoms with van der Waals surface area (Å²) in [5.41, 5.74) is 0.497. The van der Waals surface area contributed by atoms with Gasteiger partial charge in [-0.3, -0.25) is 0 Å². The number of rotatable bonds is 4. The van der Waals surface area contributed by atoms with Crippen LogP contribution in [-0.4, -0.2) is 8.42 Å². The van der Waals surface area contributed by atoms with Gasteiger partial charge in [0.25, 0.3) is 10.0 Å². The molecule has 0 aliphatic heterocycles. The lowest BCUT2D eigenvalue weighted by Crippen LogP contribution is -2.50. The molecule has 0 saturated heterocycles. The molecule has 2 aromatic rings. The molecule has 1 aromatic carbocycles. The van der Waals surface area contributed by atoms with Gasteiger partial charge in [0.05, 0.1) is 5.54 Å². The fourth-order valence-electron chi connectivity index (χ4n) is 2.61. The van der Waals surface area contributed by atoms with E-state index in [1.54, 1.807) is 18.2 Å². The molecule has 1 heterocycles. The summed E-state index contributed by atoms with van der Waals surface area (Å²) in [5.74, 6) is 0. The van der Waals surface area contributed by atoms with E-state index in [0.29, 0.717) is 9.23 Å². The maximum atomic E-state index is 12.6. The number of sulfonamides is 1. The minimum absolute atomic E-state index is 0.375. The zero-order valence-electron chi connectivity index (χ0n) is 11.6. The first-order valence-corrected chi connectivity index (χ1v) is 9.46. The normalized spacial score (nSPS) is 17.4. The average molecular weight is 342 g/mol. The van der Waals surface area contributed by atoms with Crippen molar-refractivity contribution >= 4 is 33.0 Å². The Balaban J connectivity index is 1.92. The number of benzene rings is 1. The maximum Gasteiger partial charge on any atom is 0.250 e. The van der Waals surface area contributed by atoms with Gasteiger partial charge < -0.3 is 0 Å². The molecule has 6 heteroatoms. The van der Waals surface area contributed by atoms with Gasteiger partial charge in [-0.05, 0) is 56.0 Å². The van der Waals surface area contributed by atoms with Crippen molar-refractivity contribution in [2.75, 3.05) is 0 Å². The molecule has 1 aliphatic rings. The third-order valence-electron chi connectivity index (χ3n) is 3.91. The van der Waals surface area contributed by atoms with Gasteiger partial charge in [-0.15, -0.1) is 11.3 Å². The summed E-state index contributed by atoms with van der Waals surface area (Å²) >= 11 is 7.21. The molecule has 0 radical (unpaired) electrons. The van der Waals surface area contributed by atoms with Gasteiger partial charge in [0.2, 0.25) is 0 Å². The van der Waals surface area contributed by atoms with E-state index < -0.39 is 15.6 Å². The van der Waals surface area contributed by atoms with Crippen LogP contribution in [0.3, 0.4) is 0 Å². The molecule has 0 amide bonds. The highest BCUT2D eigenvalue weighted by molar-refractivity contribution is 7.91. The fourth-order valence-corrected chi connectivity index (χ4v) is 5.47. The van der Waals surface area contributed by atoms with E-state index in [1.165, 1.54) is 11.3 Å². The van der Waals surface area contributed by atoms with Crippen LogP contribution in [0.2, 0.25) is 5.02 Å². The van der Waals surface area contributed by atoms with Crippen LogP contribution in [0.4, 0.5) is 0 Å². The molecule has 1 N–H and O–H groups in total. The second-order valence-corrected chi connectivity index (χ2v) is 9.05. The molecule has 0 atom stereocenters. The smallest absolute Gasteiger partial charge is 0.206 e. The Bertz CT molecular complexity index is 746. The Hall–Kier alpha value is -0.880. The molecular weight excluding hydrogens is 326 g/mol. The van der Waals surface area contributed by atoms with Crippen LogP contribution in [0.25, 0.3) is 0 Å². The Labute approximate surface area is 134 Å². The molecule has 112 valence electrons. The molecule has 0 spiro atoms. The van der Waals surface area contributed by atoms with Crippen LogP contribution in [-0.2, 0) is 15.6 Å². The SMILES string of the molecule is Cc1ccc(S(=O)(=O)NC2(c3ccc(Cl)cc3)CCC2)s1. The van der Waals surface area contributed by atoms with Crippen molar-refractivity contribution in [3.05, 3.63) is 51.9 Å². The zero-order valence-corrected chi connectivity index (χ0v) is 14.0. The molecular formula is C15H16ClNO2S2. The monoisotopic (exact) mass is 341 g/mol. The highest BCUT2D eigenvalue weighted by Crippen LogP contribution is 2.43. The van der Waals surface area contributed by atoms with Crippen molar-refractivity contribution in [2.24, 2.45) is 0 Å². The van der Waals surface area contributed by atoms with Crippen molar-refractivity contribution in [1.29, 1.82) is 0 Å². The number of aryl methyl sites for hydroxylation is 1. The largest absolute Gasteiger partial charge is 0.250 e. The van der Waals surface area contributed by atoms with Gasteiger partial charge in [-0.25, -0.2) is 8.42 Å². The van der Waals surface area contributed by atoms with E-state index in [1.807, 2.05) is 25.1 Å². The number of thiophene rings is 1. The Morgan fingerprint density at radius 3 is 2.29 bits per heavy atom. The first-order valence-electron chi connectivity index (χ1n) is 6.78. The maximum absolute atomic E-state index is 12.6. The lowest BCUT2D eigenvalue weighted by Gasteiger charge is -2.42. The molecule has 1 saturated carbocycles. The molecule has 1 aliphatic carbocycles. The summed E-state index contributed by atoms with van der Waals surface area (Å²) in [6.45, 7) is 1.90. The second kappa shape index (κ2) is 5.39. The molecule has 0 unspecified atom stereocenters. The lowest BCUT2D eigenvalue weighted by molar-refractivity contribution is 0.224. The van der Waals surface area contributed by atoms with Gasteiger partial charge >= 0.3 is 0 Å². The third kappa shape index (κ3) is 2.88. The van der Waals surface area contributed by atoms with Crippen LogP contribution in [0.5, 0.6) is 0 Å². The van der Waals surface area contributed by atoms with Crippen LogP contribution in [0.1, 0.15) is 29.7 Å². The van der Waals surface area contributed by atoms with Crippen LogP contribution >= 0.6 is 22.9 Å². The molecule has 3 nitrogen and oxygen atoms in total. The molecule has 21 heavy (non-hydrogen) atoms. The first-order chi connectivity index (χ1) is 9.91. The van der Waals surface area contributed by atoms with E-state index in [-0.39, 0.29) is 0 Å². The minimum atomic E-state index is -3.48. The average Bonchev–Trinajstić information content (AvgIpc) is 2.83. The number of hydrogen-bond donors (Lipinski definition) is 1. The standard InChI is InChI=1S/C15H16ClNO2S2/c1-11-3-8-14(20-11)21(18,19)17-15(9-2-10-15)12-4-6-13(16)7-5-12/h3-8,17H,2,9-10H2,1H3. The van der Waals surface area contributed by atoms with Gasteiger partial charge in [0, 0.05) is 9.90 Å². The van der Waals surface area contributed by atoms with E-state index in [2.05, 4.69) is 4.72 Å². The van der Waals surface area contributed by atoms with E-state index in [4.69, 9.17) is 11.6 Å². The molecule has 0 bridgehead atoms. The van der Waals surface area contributed by atoms with Crippen molar-refractivity contribution < 1.29 is 8.42 Å². The quantitative estimate of drug-likeness (QED) is 0.911. The molecule has 1 aromatic heterocycles. The predicted molar refractivity (Wildman–Crippen MR) is 86.4 cm³/mol. The van der Waals surface area contributed by atoms with Gasteiger partial charge in [0.1, 0.15) is 4.21 Å². The zero-order chi connectivity index (χ0) is 15.1. The van der Waals surface area contributed by atoms with Crippen LogP contribution in [0.15, 0.2) is 40.6 Å². The van der Waals surface area contributed by atoms with E-state index in [0.717, 1.165) is 29.7 Å². The first kappa shape index (κ1) is 15.0. The van der Waals surface area contributed by atoms with E-state index in [9.17, 15) is 8.42 Å². The predicted octanol–water partition coefficient (Wildman–Crippen LogP) is 4.07. The summed E-state index contributed by atoms with van der Waals surface area (Å²) < 4.78 is 28.4. The summed E-state index contributed by atoms with van der Waals surface area (Å²) in [7, 11) is -3.48. The summed E-state index contributed by atoms with van der Waals surface area (Å²) in [6.07, 6.45) is 2.66. The summed E-state index contributed by atoms with van der Waals surface area (Å²) in [5, 5.41) is 0.657. The highest BCUT2D eigenvalue weighted by atomic mass is 35.5. The summed E-state index contributed by atoms with van der Waals surface area (Å²) in [4.78, 5) is 0.990.